The number of rotatable bonds is 11. The van der Waals surface area contributed by atoms with Gasteiger partial charge < -0.3 is 24.5 Å². The molecule has 0 radical (unpaired) electrons. The Morgan fingerprint density at radius 1 is 1.48 bits per heavy atom. The second-order valence-electron chi connectivity index (χ2n) is 4.77. The van der Waals surface area contributed by atoms with Gasteiger partial charge in [0.25, 0.3) is 0 Å². The lowest BCUT2D eigenvalue weighted by Crippen LogP contribution is -2.35. The fourth-order valence-electron chi connectivity index (χ4n) is 1.95. The molecule has 6 nitrogen and oxygen atoms in total. The van der Waals surface area contributed by atoms with Crippen LogP contribution >= 0.6 is 0 Å². The number of hydrogen-bond donors (Lipinski definition) is 2. The van der Waals surface area contributed by atoms with Crippen molar-refractivity contribution in [1.82, 2.24) is 10.2 Å². The zero-order valence-electron chi connectivity index (χ0n) is 12.9. The van der Waals surface area contributed by atoms with Gasteiger partial charge in [-0.2, -0.15) is 0 Å². The zero-order valence-corrected chi connectivity index (χ0v) is 12.9. The van der Waals surface area contributed by atoms with Crippen molar-refractivity contribution in [2.45, 2.75) is 33.0 Å². The summed E-state index contributed by atoms with van der Waals surface area (Å²) < 4.78 is 10.5. The van der Waals surface area contributed by atoms with Crippen LogP contribution in [0, 0.1) is 0 Å². The molecule has 0 aromatic carbocycles. The highest BCUT2D eigenvalue weighted by Gasteiger charge is 2.09. The van der Waals surface area contributed by atoms with Gasteiger partial charge in [-0.05, 0) is 26.0 Å². The third-order valence-corrected chi connectivity index (χ3v) is 3.15. The Morgan fingerprint density at radius 2 is 2.24 bits per heavy atom. The summed E-state index contributed by atoms with van der Waals surface area (Å²) >= 11 is 0. The highest BCUT2D eigenvalue weighted by molar-refractivity contribution is 5.76. The summed E-state index contributed by atoms with van der Waals surface area (Å²) in [6.07, 6.45) is 1.44. The van der Waals surface area contributed by atoms with Gasteiger partial charge in [0.05, 0.1) is 19.0 Å². The van der Waals surface area contributed by atoms with E-state index in [0.717, 1.165) is 18.8 Å². The fourth-order valence-corrected chi connectivity index (χ4v) is 1.95. The number of furan rings is 1. The Kier molecular flexibility index (Phi) is 8.73. The van der Waals surface area contributed by atoms with Gasteiger partial charge in [0.1, 0.15) is 12.4 Å². The molecule has 0 fully saturated rings. The first-order valence-corrected chi connectivity index (χ1v) is 7.44. The Labute approximate surface area is 126 Å². The molecule has 120 valence electrons. The molecule has 0 saturated carbocycles. The van der Waals surface area contributed by atoms with Crippen molar-refractivity contribution in [3.63, 3.8) is 0 Å². The predicted octanol–water partition coefficient (Wildman–Crippen LogP) is 1.01. The van der Waals surface area contributed by atoms with Crippen LogP contribution in [0.1, 0.15) is 26.0 Å². The molecular weight excluding hydrogens is 272 g/mol. The van der Waals surface area contributed by atoms with Gasteiger partial charge in [0.2, 0.25) is 5.91 Å². The van der Waals surface area contributed by atoms with Crippen molar-refractivity contribution in [3.8, 4) is 0 Å². The van der Waals surface area contributed by atoms with E-state index in [0.29, 0.717) is 26.1 Å². The monoisotopic (exact) mass is 298 g/mol. The molecule has 0 spiro atoms. The number of nitrogens with zero attached hydrogens (tertiary/aromatic N) is 1. The summed E-state index contributed by atoms with van der Waals surface area (Å²) in [7, 11) is 0. The van der Waals surface area contributed by atoms with E-state index >= 15 is 0 Å². The Bertz CT molecular complexity index is 377. The fraction of sp³-hybridized carbons (Fsp3) is 0.667. The van der Waals surface area contributed by atoms with Crippen molar-refractivity contribution in [1.29, 1.82) is 0 Å². The van der Waals surface area contributed by atoms with Crippen LogP contribution in [0.5, 0.6) is 0 Å². The largest absolute Gasteiger partial charge is 0.467 e. The van der Waals surface area contributed by atoms with Crippen molar-refractivity contribution in [3.05, 3.63) is 24.2 Å². The molecule has 1 unspecified atom stereocenters. The van der Waals surface area contributed by atoms with E-state index in [1.165, 1.54) is 0 Å². The minimum Gasteiger partial charge on any atom is -0.467 e. The maximum Gasteiger partial charge on any atom is 0.223 e. The molecule has 1 amide bonds. The highest BCUT2D eigenvalue weighted by atomic mass is 16.5. The van der Waals surface area contributed by atoms with E-state index in [4.69, 9.17) is 9.15 Å². The van der Waals surface area contributed by atoms with E-state index in [1.54, 1.807) is 17.2 Å². The van der Waals surface area contributed by atoms with E-state index in [2.05, 4.69) is 5.32 Å². The summed E-state index contributed by atoms with van der Waals surface area (Å²) in [5.41, 5.74) is 0. The lowest BCUT2D eigenvalue weighted by atomic mass is 10.3. The second-order valence-corrected chi connectivity index (χ2v) is 4.77. The number of ether oxygens (including phenoxy) is 1. The minimum absolute atomic E-state index is 0.135. The summed E-state index contributed by atoms with van der Waals surface area (Å²) in [6.45, 7) is 6.96. The number of hydrogen-bond acceptors (Lipinski definition) is 5. The molecular formula is C15H26N2O4. The number of amides is 1. The molecule has 1 atom stereocenters. The van der Waals surface area contributed by atoms with Crippen molar-refractivity contribution in [2.24, 2.45) is 0 Å². The Hall–Kier alpha value is -1.37. The molecule has 0 bridgehead atoms. The zero-order chi connectivity index (χ0) is 15.5. The average Bonchev–Trinajstić information content (AvgIpc) is 2.98. The van der Waals surface area contributed by atoms with Gasteiger partial charge >= 0.3 is 0 Å². The average molecular weight is 298 g/mol. The molecule has 1 rings (SSSR count). The molecule has 1 aromatic rings. The van der Waals surface area contributed by atoms with Crippen LogP contribution in [0.25, 0.3) is 0 Å². The normalized spacial score (nSPS) is 12.3. The number of aliphatic hydroxyl groups is 1. The summed E-state index contributed by atoms with van der Waals surface area (Å²) in [5, 5.41) is 12.8. The van der Waals surface area contributed by atoms with Crippen molar-refractivity contribution >= 4 is 5.91 Å². The predicted molar refractivity (Wildman–Crippen MR) is 79.8 cm³/mol. The van der Waals surface area contributed by atoms with Gasteiger partial charge in [-0.3, -0.25) is 4.79 Å². The van der Waals surface area contributed by atoms with Crippen LogP contribution in [-0.4, -0.2) is 54.8 Å². The van der Waals surface area contributed by atoms with E-state index in [9.17, 15) is 9.90 Å². The van der Waals surface area contributed by atoms with Gasteiger partial charge in [-0.25, -0.2) is 0 Å². The van der Waals surface area contributed by atoms with Crippen LogP contribution in [0.3, 0.4) is 0 Å². The SMILES string of the molecule is CCN(CC)C(=O)CCNCC(O)COCc1ccco1. The number of carbonyl (C=O) groups is 1. The maximum absolute atomic E-state index is 11.7. The first-order chi connectivity index (χ1) is 10.2. The van der Waals surface area contributed by atoms with Crippen LogP contribution in [0.4, 0.5) is 0 Å². The lowest BCUT2D eigenvalue weighted by molar-refractivity contribution is -0.130. The van der Waals surface area contributed by atoms with E-state index in [1.807, 2.05) is 19.9 Å². The molecule has 21 heavy (non-hydrogen) atoms. The quantitative estimate of drug-likeness (QED) is 0.596. The molecule has 1 aromatic heterocycles. The number of nitrogens with one attached hydrogen (secondary N) is 1. The Balaban J connectivity index is 2.02. The van der Waals surface area contributed by atoms with E-state index in [-0.39, 0.29) is 12.5 Å². The highest BCUT2D eigenvalue weighted by Crippen LogP contribution is 2.01. The smallest absolute Gasteiger partial charge is 0.223 e. The summed E-state index contributed by atoms with van der Waals surface area (Å²) in [4.78, 5) is 13.5. The lowest BCUT2D eigenvalue weighted by Gasteiger charge is -2.19. The van der Waals surface area contributed by atoms with Gasteiger partial charge in [0, 0.05) is 32.6 Å². The standard InChI is InChI=1S/C15H26N2O4/c1-3-17(4-2)15(19)7-8-16-10-13(18)11-20-12-14-6-5-9-21-14/h5-6,9,13,16,18H,3-4,7-8,10-12H2,1-2H3. The topological polar surface area (TPSA) is 74.9 Å². The molecule has 0 aliphatic heterocycles. The first kappa shape index (κ1) is 17.7. The van der Waals surface area contributed by atoms with Gasteiger partial charge in [-0.15, -0.1) is 0 Å². The Morgan fingerprint density at radius 3 is 2.86 bits per heavy atom. The maximum atomic E-state index is 11.7. The third-order valence-electron chi connectivity index (χ3n) is 3.15. The minimum atomic E-state index is -0.594. The number of aliphatic hydroxyl groups excluding tert-OH is 1. The summed E-state index contributed by atoms with van der Waals surface area (Å²) in [6, 6.07) is 3.62. The molecule has 0 saturated heterocycles. The van der Waals surface area contributed by atoms with Gasteiger partial charge in [-0.1, -0.05) is 0 Å². The van der Waals surface area contributed by atoms with Crippen molar-refractivity contribution in [2.75, 3.05) is 32.8 Å². The van der Waals surface area contributed by atoms with Crippen molar-refractivity contribution < 1.29 is 19.1 Å². The molecule has 0 aliphatic rings. The van der Waals surface area contributed by atoms with Crippen LogP contribution in [0.15, 0.2) is 22.8 Å². The van der Waals surface area contributed by atoms with Crippen LogP contribution in [0.2, 0.25) is 0 Å². The molecule has 6 heteroatoms. The van der Waals surface area contributed by atoms with Crippen LogP contribution < -0.4 is 5.32 Å². The molecule has 1 heterocycles. The first-order valence-electron chi connectivity index (χ1n) is 7.44. The third kappa shape index (κ3) is 7.27. The number of carbonyl (C=O) groups excluding carboxylic acids is 1. The van der Waals surface area contributed by atoms with Crippen LogP contribution in [-0.2, 0) is 16.1 Å². The summed E-state index contributed by atoms with van der Waals surface area (Å²) in [5.74, 6) is 0.871. The molecule has 0 aliphatic carbocycles. The second kappa shape index (κ2) is 10.4. The van der Waals surface area contributed by atoms with Gasteiger partial charge in [0.15, 0.2) is 0 Å². The molecule has 2 N–H and O–H groups in total. The van der Waals surface area contributed by atoms with E-state index < -0.39 is 6.10 Å².